The van der Waals surface area contributed by atoms with Crippen molar-refractivity contribution in [2.45, 2.75) is 51.1 Å². The van der Waals surface area contributed by atoms with Gasteiger partial charge in [-0.25, -0.2) is 4.79 Å². The minimum Gasteiger partial charge on any atom is -0.480 e. The van der Waals surface area contributed by atoms with E-state index in [4.69, 9.17) is 5.11 Å². The molecule has 0 saturated heterocycles. The lowest BCUT2D eigenvalue weighted by Gasteiger charge is -2.15. The molecule has 0 aromatic rings. The van der Waals surface area contributed by atoms with Gasteiger partial charge in [0.15, 0.2) is 0 Å². The lowest BCUT2D eigenvalue weighted by atomic mass is 10.2. The topological polar surface area (TPSA) is 78.4 Å². The lowest BCUT2D eigenvalue weighted by Crippen LogP contribution is -2.45. The number of hydrogen-bond acceptors (Lipinski definition) is 3. The van der Waals surface area contributed by atoms with Gasteiger partial charge in [-0.05, 0) is 19.3 Å². The summed E-state index contributed by atoms with van der Waals surface area (Å²) in [5, 5.41) is 14.4. The molecule has 0 spiro atoms. The summed E-state index contributed by atoms with van der Waals surface area (Å²) in [5.74, 6) is -1.21. The molecular formula is C11H20N2O3. The Kier molecular flexibility index (Phi) is 5.25. The number of carbonyl (C=O) groups is 2. The van der Waals surface area contributed by atoms with Gasteiger partial charge in [0.25, 0.3) is 0 Å². The maximum absolute atomic E-state index is 11.4. The van der Waals surface area contributed by atoms with Crippen LogP contribution in [0.15, 0.2) is 0 Å². The lowest BCUT2D eigenvalue weighted by molar-refractivity contribution is -0.141. The summed E-state index contributed by atoms with van der Waals surface area (Å²) in [6.07, 6.45) is 5.06. The quantitative estimate of drug-likeness (QED) is 0.618. The largest absolute Gasteiger partial charge is 0.480 e. The Morgan fingerprint density at radius 3 is 2.50 bits per heavy atom. The molecule has 0 heterocycles. The van der Waals surface area contributed by atoms with Gasteiger partial charge in [0.05, 0.1) is 6.54 Å². The van der Waals surface area contributed by atoms with Crippen LogP contribution in [0, 0.1) is 0 Å². The van der Waals surface area contributed by atoms with Gasteiger partial charge in [0, 0.05) is 6.04 Å². The van der Waals surface area contributed by atoms with Crippen molar-refractivity contribution in [1.29, 1.82) is 0 Å². The molecule has 1 aliphatic rings. The van der Waals surface area contributed by atoms with E-state index in [9.17, 15) is 9.59 Å². The summed E-state index contributed by atoms with van der Waals surface area (Å²) < 4.78 is 0. The molecule has 16 heavy (non-hydrogen) atoms. The Morgan fingerprint density at radius 2 is 2.00 bits per heavy atom. The van der Waals surface area contributed by atoms with Gasteiger partial charge < -0.3 is 15.7 Å². The second kappa shape index (κ2) is 6.48. The summed E-state index contributed by atoms with van der Waals surface area (Å²) in [5.41, 5.74) is 0. The van der Waals surface area contributed by atoms with Crippen molar-refractivity contribution in [3.05, 3.63) is 0 Å². The fraction of sp³-hybridized carbons (Fsp3) is 0.818. The molecule has 1 rings (SSSR count). The van der Waals surface area contributed by atoms with Crippen LogP contribution < -0.4 is 10.6 Å². The third-order valence-electron chi connectivity index (χ3n) is 2.95. The third-order valence-corrected chi connectivity index (χ3v) is 2.95. The van der Waals surface area contributed by atoms with Crippen LogP contribution in [0.4, 0.5) is 0 Å². The highest BCUT2D eigenvalue weighted by Gasteiger charge is 2.19. The molecule has 0 radical (unpaired) electrons. The average molecular weight is 228 g/mol. The van der Waals surface area contributed by atoms with Crippen LogP contribution in [0.5, 0.6) is 0 Å². The van der Waals surface area contributed by atoms with Gasteiger partial charge in [-0.15, -0.1) is 0 Å². The minimum absolute atomic E-state index is 0.217. The molecule has 1 atom stereocenters. The van der Waals surface area contributed by atoms with Crippen LogP contribution in [0.25, 0.3) is 0 Å². The molecule has 5 heteroatoms. The van der Waals surface area contributed by atoms with Crippen molar-refractivity contribution in [3.63, 3.8) is 0 Å². The average Bonchev–Trinajstić information content (AvgIpc) is 2.75. The number of amides is 1. The molecule has 1 amide bonds. The van der Waals surface area contributed by atoms with Crippen LogP contribution in [0.1, 0.15) is 39.0 Å². The van der Waals surface area contributed by atoms with Crippen molar-refractivity contribution < 1.29 is 14.7 Å². The molecule has 1 aliphatic carbocycles. The Labute approximate surface area is 95.6 Å². The molecule has 5 nitrogen and oxygen atoms in total. The zero-order valence-corrected chi connectivity index (χ0v) is 9.66. The number of carboxylic acids is 1. The zero-order chi connectivity index (χ0) is 12.0. The number of carbonyl (C=O) groups excluding carboxylic acids is 1. The maximum Gasteiger partial charge on any atom is 0.326 e. The molecule has 0 aromatic carbocycles. The first-order valence-corrected chi connectivity index (χ1v) is 5.89. The predicted molar refractivity (Wildman–Crippen MR) is 60.1 cm³/mol. The molecule has 92 valence electrons. The van der Waals surface area contributed by atoms with E-state index in [0.29, 0.717) is 12.5 Å². The molecule has 0 aliphatic heterocycles. The Balaban J connectivity index is 2.21. The van der Waals surface area contributed by atoms with Crippen molar-refractivity contribution in [2.75, 3.05) is 6.54 Å². The fourth-order valence-electron chi connectivity index (χ4n) is 1.95. The van der Waals surface area contributed by atoms with Crippen LogP contribution in [-0.2, 0) is 9.59 Å². The van der Waals surface area contributed by atoms with E-state index in [0.717, 1.165) is 12.8 Å². The smallest absolute Gasteiger partial charge is 0.326 e. The van der Waals surface area contributed by atoms with E-state index in [-0.39, 0.29) is 12.5 Å². The minimum atomic E-state index is -0.975. The number of rotatable bonds is 6. The molecule has 0 bridgehead atoms. The highest BCUT2D eigenvalue weighted by Crippen LogP contribution is 2.17. The van der Waals surface area contributed by atoms with Gasteiger partial charge >= 0.3 is 5.97 Å². The van der Waals surface area contributed by atoms with Crippen LogP contribution >= 0.6 is 0 Å². The third kappa shape index (κ3) is 4.18. The highest BCUT2D eigenvalue weighted by atomic mass is 16.4. The van der Waals surface area contributed by atoms with Gasteiger partial charge in [-0.3, -0.25) is 4.79 Å². The molecule has 1 fully saturated rings. The van der Waals surface area contributed by atoms with Gasteiger partial charge in [-0.2, -0.15) is 0 Å². The standard InChI is InChI=1S/C11H20N2O3/c1-2-9(11(15)16)13-10(14)7-12-8-5-3-4-6-8/h8-9,12H,2-7H2,1H3,(H,13,14)(H,15,16). The maximum atomic E-state index is 11.4. The van der Waals surface area contributed by atoms with E-state index >= 15 is 0 Å². The summed E-state index contributed by atoms with van der Waals surface area (Å²) in [7, 11) is 0. The molecule has 3 N–H and O–H groups in total. The second-order valence-electron chi connectivity index (χ2n) is 4.23. The molecule has 1 unspecified atom stereocenters. The molecule has 1 saturated carbocycles. The van der Waals surface area contributed by atoms with E-state index < -0.39 is 12.0 Å². The normalized spacial score (nSPS) is 18.3. The number of carboxylic acid groups (broad SMARTS) is 1. The molecular weight excluding hydrogens is 208 g/mol. The van der Waals surface area contributed by atoms with Gasteiger partial charge in [0.2, 0.25) is 5.91 Å². The first kappa shape index (κ1) is 13.0. The van der Waals surface area contributed by atoms with E-state index in [1.165, 1.54) is 12.8 Å². The van der Waals surface area contributed by atoms with Gasteiger partial charge in [0.1, 0.15) is 6.04 Å². The fourth-order valence-corrected chi connectivity index (χ4v) is 1.95. The highest BCUT2D eigenvalue weighted by molar-refractivity contribution is 5.84. The Bertz CT molecular complexity index is 250. The summed E-state index contributed by atoms with van der Waals surface area (Å²) in [4.78, 5) is 22.1. The van der Waals surface area contributed by atoms with Crippen molar-refractivity contribution in [1.82, 2.24) is 10.6 Å². The first-order valence-electron chi connectivity index (χ1n) is 5.89. The SMILES string of the molecule is CCC(NC(=O)CNC1CCCC1)C(=O)O. The van der Waals surface area contributed by atoms with E-state index in [1.54, 1.807) is 6.92 Å². The van der Waals surface area contributed by atoms with E-state index in [1.807, 2.05) is 0 Å². The Hall–Kier alpha value is -1.10. The number of hydrogen-bond donors (Lipinski definition) is 3. The van der Waals surface area contributed by atoms with Gasteiger partial charge in [-0.1, -0.05) is 19.8 Å². The van der Waals surface area contributed by atoms with Crippen molar-refractivity contribution in [3.8, 4) is 0 Å². The number of aliphatic carboxylic acids is 1. The van der Waals surface area contributed by atoms with Crippen molar-refractivity contribution >= 4 is 11.9 Å². The van der Waals surface area contributed by atoms with Crippen LogP contribution in [0.2, 0.25) is 0 Å². The second-order valence-corrected chi connectivity index (χ2v) is 4.23. The molecule has 0 aromatic heterocycles. The summed E-state index contributed by atoms with van der Waals surface area (Å²) >= 11 is 0. The Morgan fingerprint density at radius 1 is 1.38 bits per heavy atom. The predicted octanol–water partition coefficient (Wildman–Crippen LogP) is 0.498. The summed E-state index contributed by atoms with van der Waals surface area (Å²) in [6, 6.07) is -0.339. The first-order chi connectivity index (χ1) is 7.63. The van der Waals surface area contributed by atoms with Crippen molar-refractivity contribution in [2.24, 2.45) is 0 Å². The zero-order valence-electron chi connectivity index (χ0n) is 9.66. The number of nitrogens with one attached hydrogen (secondary N) is 2. The monoisotopic (exact) mass is 228 g/mol. The van der Waals surface area contributed by atoms with Crippen LogP contribution in [0.3, 0.4) is 0 Å². The van der Waals surface area contributed by atoms with E-state index in [2.05, 4.69) is 10.6 Å². The summed E-state index contributed by atoms with van der Waals surface area (Å²) in [6.45, 7) is 1.96. The van der Waals surface area contributed by atoms with Crippen LogP contribution in [-0.4, -0.2) is 35.6 Å².